The Morgan fingerprint density at radius 2 is 2.19 bits per heavy atom. The average molecular weight is 384 g/mol. The number of aromatic nitrogens is 2. The van der Waals surface area contributed by atoms with Gasteiger partial charge in [-0.1, -0.05) is 0 Å². The van der Waals surface area contributed by atoms with Gasteiger partial charge in [0.25, 0.3) is 11.8 Å². The van der Waals surface area contributed by atoms with Crippen LogP contribution in [0.5, 0.6) is 5.88 Å². The van der Waals surface area contributed by atoms with Gasteiger partial charge in [0.05, 0.1) is 35.1 Å². The molecular weight excluding hydrogens is 360 g/mol. The number of nitrogens with zero attached hydrogens (tertiary/aromatic N) is 3. The molecule has 1 N–H and O–H groups in total. The van der Waals surface area contributed by atoms with Crippen LogP contribution in [0.1, 0.15) is 37.2 Å². The first-order chi connectivity index (χ1) is 12.3. The third-order valence-corrected chi connectivity index (χ3v) is 6.93. The number of rotatable bonds is 3. The number of aromatic amines is 1. The molecule has 2 fully saturated rings. The van der Waals surface area contributed by atoms with Gasteiger partial charge in [0, 0.05) is 31.0 Å². The number of hydrogen-bond acceptors (Lipinski definition) is 6. The van der Waals surface area contributed by atoms with Crippen molar-refractivity contribution < 1.29 is 23.3 Å². The van der Waals surface area contributed by atoms with Crippen LogP contribution in [0.2, 0.25) is 0 Å². The predicted molar refractivity (Wildman–Crippen MR) is 94.6 cm³/mol. The van der Waals surface area contributed by atoms with Gasteiger partial charge in [-0.25, -0.2) is 4.21 Å². The zero-order valence-electron chi connectivity index (χ0n) is 15.0. The van der Waals surface area contributed by atoms with Crippen molar-refractivity contribution in [1.82, 2.24) is 15.1 Å². The average Bonchev–Trinajstić information content (AvgIpc) is 3.06. The summed E-state index contributed by atoms with van der Waals surface area (Å²) in [7, 11) is -2.50. The smallest absolute Gasteiger partial charge is 0.272 e. The highest BCUT2D eigenvalue weighted by Crippen LogP contribution is 2.32. The highest BCUT2D eigenvalue weighted by molar-refractivity contribution is 7.93. The third-order valence-electron chi connectivity index (χ3n) is 4.66. The summed E-state index contributed by atoms with van der Waals surface area (Å²) in [4.78, 5) is 25.6. The molecule has 0 saturated carbocycles. The summed E-state index contributed by atoms with van der Waals surface area (Å²) in [6.07, 6.45) is 1.03. The fourth-order valence-corrected chi connectivity index (χ4v) is 5.61. The van der Waals surface area contributed by atoms with Crippen molar-refractivity contribution in [3.63, 3.8) is 0 Å². The summed E-state index contributed by atoms with van der Waals surface area (Å²) in [5, 5.41) is 6.67. The second kappa shape index (κ2) is 7.36. The lowest BCUT2D eigenvalue weighted by Crippen LogP contribution is -2.56. The molecule has 0 unspecified atom stereocenters. The molecule has 0 atom stereocenters. The van der Waals surface area contributed by atoms with E-state index in [1.807, 2.05) is 6.92 Å². The minimum absolute atomic E-state index is 0.161. The minimum atomic E-state index is -2.50. The number of H-pyrrole nitrogens is 1. The Balaban J connectivity index is 1.68. The minimum Gasteiger partial charge on any atom is -0.477 e. The Hall–Kier alpha value is -1.94. The lowest BCUT2D eigenvalue weighted by Gasteiger charge is -2.45. The van der Waals surface area contributed by atoms with Gasteiger partial charge >= 0.3 is 0 Å². The number of hydrogen-bond donors (Lipinski definition) is 1. The van der Waals surface area contributed by atoms with Gasteiger partial charge in [-0.05, 0) is 19.8 Å². The van der Waals surface area contributed by atoms with Crippen molar-refractivity contribution >= 4 is 21.5 Å². The number of carbonyl (C=O) groups excluding carboxylic acids is 2. The second-order valence-electron chi connectivity index (χ2n) is 6.60. The molecule has 3 heterocycles. The zero-order valence-corrected chi connectivity index (χ0v) is 15.8. The number of ether oxygens (including phenoxy) is 2. The number of morpholine rings is 1. The molecule has 0 aromatic carbocycles. The Bertz CT molecular complexity index is 797. The van der Waals surface area contributed by atoms with Crippen molar-refractivity contribution in [1.29, 1.82) is 0 Å². The van der Waals surface area contributed by atoms with E-state index in [1.54, 1.807) is 11.0 Å². The first-order valence-corrected chi connectivity index (χ1v) is 10.5. The molecule has 1 aromatic heterocycles. The van der Waals surface area contributed by atoms with Crippen LogP contribution in [0.25, 0.3) is 0 Å². The molecule has 144 valence electrons. The summed E-state index contributed by atoms with van der Waals surface area (Å²) in [6, 6.07) is 1.59. The number of nitrogens with one attached hydrogen (secondary N) is 1. The van der Waals surface area contributed by atoms with Gasteiger partial charge in [0.15, 0.2) is 0 Å². The first-order valence-electron chi connectivity index (χ1n) is 8.69. The lowest BCUT2D eigenvalue weighted by atomic mass is 9.94. The predicted octanol–water partition coefficient (Wildman–Crippen LogP) is 0.828. The van der Waals surface area contributed by atoms with Crippen molar-refractivity contribution in [2.45, 2.75) is 32.3 Å². The normalized spacial score (nSPS) is 28.8. The number of carbonyl (C=O) groups is 2. The molecule has 10 heteroatoms. The van der Waals surface area contributed by atoms with E-state index in [4.69, 9.17) is 9.47 Å². The molecule has 1 aromatic rings. The molecule has 2 aliphatic rings. The van der Waals surface area contributed by atoms with Crippen molar-refractivity contribution in [2.24, 2.45) is 4.36 Å². The van der Waals surface area contributed by atoms with E-state index >= 15 is 0 Å². The first kappa shape index (κ1) is 18.8. The molecular formula is C16H24N4O5S. The summed E-state index contributed by atoms with van der Waals surface area (Å²) in [5.74, 6) is 0.449. The largest absolute Gasteiger partial charge is 0.477 e. The SMILES string of the molecule is CCOc1cc(C(=O)N2CCOC3(CCS(=O)(=NC(C)=O)CC3)C2)[nH]n1. The molecule has 0 radical (unpaired) electrons. The number of amides is 2. The molecule has 0 bridgehead atoms. The van der Waals surface area contributed by atoms with Crippen LogP contribution in [0.15, 0.2) is 10.4 Å². The van der Waals surface area contributed by atoms with Crippen LogP contribution < -0.4 is 4.74 Å². The molecule has 9 nitrogen and oxygen atoms in total. The van der Waals surface area contributed by atoms with Crippen LogP contribution in [0.3, 0.4) is 0 Å². The van der Waals surface area contributed by atoms with Crippen molar-refractivity contribution in [3.05, 3.63) is 11.8 Å². The van der Waals surface area contributed by atoms with E-state index in [0.29, 0.717) is 62.2 Å². The standard InChI is InChI=1S/C16H24N4O5S/c1-3-24-14-10-13(17-18-14)15(22)20-6-7-25-16(11-20)4-8-26(23,9-5-16)19-12(2)21/h10H,3-9,11H2,1-2H3,(H,17,18). The van der Waals surface area contributed by atoms with Gasteiger partial charge in [0.2, 0.25) is 5.88 Å². The van der Waals surface area contributed by atoms with Crippen LogP contribution in [-0.2, 0) is 19.3 Å². The molecule has 2 saturated heterocycles. The maximum atomic E-state index is 12.7. The van der Waals surface area contributed by atoms with Gasteiger partial charge in [0.1, 0.15) is 5.69 Å². The highest BCUT2D eigenvalue weighted by Gasteiger charge is 2.42. The fourth-order valence-electron chi connectivity index (χ4n) is 3.37. The van der Waals surface area contributed by atoms with Gasteiger partial charge in [-0.2, -0.15) is 4.36 Å². The van der Waals surface area contributed by atoms with Crippen molar-refractivity contribution in [2.75, 3.05) is 37.8 Å². The second-order valence-corrected chi connectivity index (χ2v) is 9.15. The molecule has 2 amide bonds. The summed E-state index contributed by atoms with van der Waals surface area (Å²) in [6.45, 7) is 4.96. The maximum absolute atomic E-state index is 12.7. The monoisotopic (exact) mass is 384 g/mol. The zero-order chi connectivity index (χ0) is 18.8. The molecule has 26 heavy (non-hydrogen) atoms. The van der Waals surface area contributed by atoms with Crippen LogP contribution in [0.4, 0.5) is 0 Å². The van der Waals surface area contributed by atoms with E-state index in [1.165, 1.54) is 6.92 Å². The van der Waals surface area contributed by atoms with Gasteiger partial charge in [-0.3, -0.25) is 14.7 Å². The van der Waals surface area contributed by atoms with E-state index in [0.717, 1.165) is 0 Å². The molecule has 1 spiro atoms. The Morgan fingerprint density at radius 3 is 2.85 bits per heavy atom. The molecule has 2 aliphatic heterocycles. The van der Waals surface area contributed by atoms with E-state index in [-0.39, 0.29) is 5.91 Å². The van der Waals surface area contributed by atoms with Gasteiger partial charge in [-0.15, -0.1) is 5.10 Å². The topological polar surface area (TPSA) is 114 Å². The van der Waals surface area contributed by atoms with Crippen LogP contribution >= 0.6 is 0 Å². The Labute approximate surface area is 152 Å². The van der Waals surface area contributed by atoms with E-state index in [2.05, 4.69) is 14.6 Å². The summed E-state index contributed by atoms with van der Waals surface area (Å²) in [5.41, 5.74) is -0.152. The van der Waals surface area contributed by atoms with E-state index in [9.17, 15) is 13.8 Å². The lowest BCUT2D eigenvalue weighted by molar-refractivity contribution is -0.115. The highest BCUT2D eigenvalue weighted by atomic mass is 32.2. The molecule has 0 aliphatic carbocycles. The van der Waals surface area contributed by atoms with Gasteiger partial charge < -0.3 is 14.4 Å². The fraction of sp³-hybridized carbons (Fsp3) is 0.688. The Morgan fingerprint density at radius 1 is 1.46 bits per heavy atom. The van der Waals surface area contributed by atoms with E-state index < -0.39 is 21.2 Å². The summed E-state index contributed by atoms with van der Waals surface area (Å²) >= 11 is 0. The van der Waals surface area contributed by atoms with Crippen LogP contribution in [0, 0.1) is 0 Å². The van der Waals surface area contributed by atoms with Crippen molar-refractivity contribution in [3.8, 4) is 5.88 Å². The quantitative estimate of drug-likeness (QED) is 0.826. The third kappa shape index (κ3) is 4.07. The van der Waals surface area contributed by atoms with Crippen LogP contribution in [-0.4, -0.2) is 74.5 Å². The maximum Gasteiger partial charge on any atom is 0.272 e. The molecule has 3 rings (SSSR count). The summed E-state index contributed by atoms with van der Waals surface area (Å²) < 4.78 is 27.6. The Kier molecular flexibility index (Phi) is 5.33.